The van der Waals surface area contributed by atoms with Gasteiger partial charge in [0.05, 0.1) is 33.2 Å². The van der Waals surface area contributed by atoms with E-state index in [-0.39, 0.29) is 29.4 Å². The molecule has 0 aliphatic carbocycles. The van der Waals surface area contributed by atoms with Gasteiger partial charge in [0.25, 0.3) is 0 Å². The molecule has 202 valence electrons. The summed E-state index contributed by atoms with van der Waals surface area (Å²) in [7, 11) is 3.94. The molecule has 0 fully saturated rings. The number of esters is 1. The number of benzene rings is 2. The third-order valence-corrected chi connectivity index (χ3v) is 6.11. The van der Waals surface area contributed by atoms with E-state index in [0.717, 1.165) is 0 Å². The number of rotatable bonds is 11. The zero-order valence-electron chi connectivity index (χ0n) is 21.7. The summed E-state index contributed by atoms with van der Waals surface area (Å²) in [6, 6.07) is 9.94. The molecule has 38 heavy (non-hydrogen) atoms. The number of Topliss-reactive ketones (excluding diaryl/α,β-unsaturated/α-hetero) is 1. The topological polar surface area (TPSA) is 104 Å². The number of aromatic hydroxyl groups is 1. The van der Waals surface area contributed by atoms with Crippen molar-refractivity contribution in [3.63, 3.8) is 0 Å². The fraction of sp³-hybridized carbons (Fsp3) is 0.321. The summed E-state index contributed by atoms with van der Waals surface area (Å²) in [4.78, 5) is 29.7. The van der Waals surface area contributed by atoms with Crippen LogP contribution >= 0.6 is 0 Å². The second-order valence-corrected chi connectivity index (χ2v) is 8.58. The quantitative estimate of drug-likeness (QED) is 0.271. The third-order valence-electron chi connectivity index (χ3n) is 6.11. The monoisotopic (exact) mass is 529 g/mol. The van der Waals surface area contributed by atoms with Crippen molar-refractivity contribution in [1.29, 1.82) is 0 Å². The van der Waals surface area contributed by atoms with Crippen molar-refractivity contribution in [2.24, 2.45) is 5.92 Å². The molecule has 1 aromatic heterocycles. The van der Waals surface area contributed by atoms with Crippen LogP contribution in [-0.2, 0) is 9.53 Å². The molecule has 0 saturated heterocycles. The minimum absolute atomic E-state index is 0.0723. The predicted molar refractivity (Wildman–Crippen MR) is 134 cm³/mol. The summed E-state index contributed by atoms with van der Waals surface area (Å²) >= 11 is 0. The number of nitrogens with zero attached hydrogens (tertiary/aromatic N) is 1. The summed E-state index contributed by atoms with van der Waals surface area (Å²) < 4.78 is 50.5. The van der Waals surface area contributed by atoms with E-state index < -0.39 is 47.1 Å². The highest BCUT2D eigenvalue weighted by Gasteiger charge is 2.33. The molecule has 3 aromatic rings. The highest BCUT2D eigenvalue weighted by molar-refractivity contribution is 5.99. The maximum atomic E-state index is 14.6. The van der Waals surface area contributed by atoms with E-state index >= 15 is 0 Å². The van der Waals surface area contributed by atoms with Crippen LogP contribution in [0.15, 0.2) is 48.7 Å². The first-order valence-corrected chi connectivity index (χ1v) is 11.7. The highest BCUT2D eigenvalue weighted by Crippen LogP contribution is 2.41. The predicted octanol–water partition coefficient (Wildman–Crippen LogP) is 5.06. The molecule has 0 saturated carbocycles. The zero-order valence-corrected chi connectivity index (χ0v) is 21.7. The summed E-state index contributed by atoms with van der Waals surface area (Å²) in [5.74, 6) is -4.96. The minimum atomic E-state index is -0.963. The Labute approximate surface area is 219 Å². The van der Waals surface area contributed by atoms with Gasteiger partial charge in [0, 0.05) is 29.8 Å². The minimum Gasteiger partial charge on any atom is -0.503 e. The lowest BCUT2D eigenvalue weighted by Gasteiger charge is -2.28. The first-order valence-electron chi connectivity index (χ1n) is 11.7. The summed E-state index contributed by atoms with van der Waals surface area (Å²) in [6.07, 6.45) is 0.0336. The van der Waals surface area contributed by atoms with Gasteiger partial charge in [-0.1, -0.05) is 31.2 Å². The Bertz CT molecular complexity index is 1260. The van der Waals surface area contributed by atoms with E-state index in [0.29, 0.717) is 11.1 Å². The second kappa shape index (κ2) is 12.4. The van der Waals surface area contributed by atoms with Crippen LogP contribution in [0.3, 0.4) is 0 Å². The average Bonchev–Trinajstić information content (AvgIpc) is 2.89. The number of ketones is 1. The van der Waals surface area contributed by atoms with Crippen molar-refractivity contribution in [3.05, 3.63) is 77.1 Å². The van der Waals surface area contributed by atoms with Crippen LogP contribution in [-0.4, -0.2) is 49.3 Å². The first kappa shape index (κ1) is 28.4. The Morgan fingerprint density at radius 3 is 1.95 bits per heavy atom. The lowest BCUT2D eigenvalue weighted by Crippen LogP contribution is -2.28. The van der Waals surface area contributed by atoms with E-state index in [9.17, 15) is 23.5 Å². The lowest BCUT2D eigenvalue weighted by molar-refractivity contribution is -0.153. The molecule has 8 nitrogen and oxygen atoms in total. The molecule has 0 amide bonds. The Morgan fingerprint density at radius 2 is 1.45 bits per heavy atom. The molecule has 2 aromatic carbocycles. The van der Waals surface area contributed by atoms with Crippen LogP contribution < -0.4 is 14.2 Å². The smallest absolute Gasteiger partial charge is 0.309 e. The number of ether oxygens (including phenoxy) is 4. The fourth-order valence-electron chi connectivity index (χ4n) is 4.28. The number of hydrogen-bond acceptors (Lipinski definition) is 8. The number of halogens is 2. The van der Waals surface area contributed by atoms with Gasteiger partial charge in [0.1, 0.15) is 6.10 Å². The summed E-state index contributed by atoms with van der Waals surface area (Å²) in [6.45, 7) is 3.06. The fourth-order valence-corrected chi connectivity index (χ4v) is 4.28. The van der Waals surface area contributed by atoms with Crippen molar-refractivity contribution < 1.29 is 42.4 Å². The molecule has 0 spiro atoms. The van der Waals surface area contributed by atoms with E-state index in [1.54, 1.807) is 19.1 Å². The number of pyridine rings is 1. The number of methoxy groups -OCH3 is 3. The van der Waals surface area contributed by atoms with Crippen molar-refractivity contribution >= 4 is 11.8 Å². The zero-order chi connectivity index (χ0) is 28.0. The van der Waals surface area contributed by atoms with Gasteiger partial charge in [-0.05, 0) is 19.1 Å². The van der Waals surface area contributed by atoms with Crippen LogP contribution in [0.4, 0.5) is 8.78 Å². The van der Waals surface area contributed by atoms with Crippen LogP contribution in [0.5, 0.6) is 23.0 Å². The van der Waals surface area contributed by atoms with Gasteiger partial charge in [-0.2, -0.15) is 0 Å². The number of carbonyl (C=O) groups is 2. The molecule has 0 aliphatic heterocycles. The van der Waals surface area contributed by atoms with Crippen molar-refractivity contribution in [2.75, 3.05) is 21.3 Å². The molecule has 0 radical (unpaired) electrons. The average molecular weight is 530 g/mol. The molecule has 0 bridgehead atoms. The Hall–Kier alpha value is -4.21. The van der Waals surface area contributed by atoms with Crippen molar-refractivity contribution in [1.82, 2.24) is 4.98 Å². The Balaban J connectivity index is 1.91. The second-order valence-electron chi connectivity index (χ2n) is 8.58. The van der Waals surface area contributed by atoms with E-state index in [1.807, 2.05) is 0 Å². The van der Waals surface area contributed by atoms with Crippen molar-refractivity contribution in [2.45, 2.75) is 32.3 Å². The summed E-state index contributed by atoms with van der Waals surface area (Å²) in [5, 5.41) is 10.2. The normalized spacial score (nSPS) is 12.5. The number of carbonyl (C=O) groups excluding carboxylic acids is 2. The Kier molecular flexibility index (Phi) is 9.22. The SMILES string of the molecule is COc1ccnc(C(=O)C[C@@H](C)C(=O)OC(C)C(c2cccc(F)c2OC)c2cccc(F)c2OC)c1O. The van der Waals surface area contributed by atoms with E-state index in [4.69, 9.17) is 18.9 Å². The molecule has 3 rings (SSSR count). The van der Waals surface area contributed by atoms with Gasteiger partial charge in [-0.3, -0.25) is 9.59 Å². The Morgan fingerprint density at radius 1 is 0.895 bits per heavy atom. The van der Waals surface area contributed by atoms with E-state index in [1.165, 1.54) is 64.8 Å². The molecule has 10 heteroatoms. The van der Waals surface area contributed by atoms with Gasteiger partial charge in [-0.25, -0.2) is 13.8 Å². The molecule has 1 N–H and O–H groups in total. The van der Waals surface area contributed by atoms with E-state index in [2.05, 4.69) is 4.98 Å². The lowest BCUT2D eigenvalue weighted by atomic mass is 9.85. The number of hydrogen-bond donors (Lipinski definition) is 1. The van der Waals surface area contributed by atoms with Crippen LogP contribution in [0.25, 0.3) is 0 Å². The molecular weight excluding hydrogens is 500 g/mol. The molecule has 1 heterocycles. The maximum Gasteiger partial charge on any atom is 0.309 e. The third kappa shape index (κ3) is 5.85. The highest BCUT2D eigenvalue weighted by atomic mass is 19.1. The van der Waals surface area contributed by atoms with Gasteiger partial charge >= 0.3 is 5.97 Å². The maximum absolute atomic E-state index is 14.6. The van der Waals surface area contributed by atoms with Crippen LogP contribution in [0, 0.1) is 17.6 Å². The molecule has 1 unspecified atom stereocenters. The standard InChI is InChI=1S/C28H29F2NO7/c1-15(14-21(32)24-25(33)22(35-3)12-13-31-24)28(34)38-16(2)23(17-8-6-10-19(29)26(17)36-4)18-9-7-11-20(30)27(18)37-5/h6-13,15-16,23,33H,14H2,1-5H3/t15-,16?/m1/s1. The van der Waals surface area contributed by atoms with Gasteiger partial charge in [0.15, 0.2) is 46.1 Å². The van der Waals surface area contributed by atoms with Crippen LogP contribution in [0.1, 0.15) is 47.8 Å². The van der Waals surface area contributed by atoms with Gasteiger partial charge in [0.2, 0.25) is 0 Å². The van der Waals surface area contributed by atoms with Gasteiger partial charge in [-0.15, -0.1) is 0 Å². The largest absolute Gasteiger partial charge is 0.503 e. The molecule has 0 aliphatic rings. The van der Waals surface area contributed by atoms with Crippen LogP contribution in [0.2, 0.25) is 0 Å². The number of aromatic nitrogens is 1. The number of para-hydroxylation sites is 2. The molecule has 2 atom stereocenters. The first-order chi connectivity index (χ1) is 18.1. The van der Waals surface area contributed by atoms with Crippen molar-refractivity contribution in [3.8, 4) is 23.0 Å². The van der Waals surface area contributed by atoms with Gasteiger partial charge < -0.3 is 24.1 Å². The summed E-state index contributed by atoms with van der Waals surface area (Å²) in [5.41, 5.74) is 0.390. The molecular formula is C28H29F2NO7.